The van der Waals surface area contributed by atoms with Gasteiger partial charge in [-0.2, -0.15) is 0 Å². The molecule has 28 heavy (non-hydrogen) atoms. The highest BCUT2D eigenvalue weighted by molar-refractivity contribution is 9.10. The molecule has 1 aliphatic heterocycles. The van der Waals surface area contributed by atoms with E-state index in [0.717, 1.165) is 46.7 Å². The van der Waals surface area contributed by atoms with E-state index in [1.807, 2.05) is 29.2 Å². The van der Waals surface area contributed by atoms with Crippen molar-refractivity contribution in [2.24, 2.45) is 0 Å². The summed E-state index contributed by atoms with van der Waals surface area (Å²) in [5, 5.41) is 0.480. The molecule has 8 heteroatoms. The molecular weight excluding hydrogens is 444 g/mol. The minimum atomic E-state index is -0.0261. The number of hydrogen-bond donors (Lipinski definition) is 1. The Hall–Kier alpha value is -2.09. The predicted molar refractivity (Wildman–Crippen MR) is 113 cm³/mol. The lowest BCUT2D eigenvalue weighted by molar-refractivity contribution is 0.0626. The molecule has 0 saturated carbocycles. The fraction of sp³-hybridized carbons (Fsp3) is 0.300. The van der Waals surface area contributed by atoms with Gasteiger partial charge >= 0.3 is 0 Å². The summed E-state index contributed by atoms with van der Waals surface area (Å²) in [4.78, 5) is 24.9. The van der Waals surface area contributed by atoms with E-state index in [-0.39, 0.29) is 5.91 Å². The number of methoxy groups -OCH3 is 1. The highest BCUT2D eigenvalue weighted by Crippen LogP contribution is 2.23. The van der Waals surface area contributed by atoms with E-state index in [4.69, 9.17) is 16.3 Å². The summed E-state index contributed by atoms with van der Waals surface area (Å²) in [5.41, 5.74) is 2.43. The number of carbonyl (C=O) groups excluding carboxylic acids is 1. The Labute approximate surface area is 176 Å². The lowest BCUT2D eigenvalue weighted by atomic mass is 10.2. The summed E-state index contributed by atoms with van der Waals surface area (Å²) in [6, 6.07) is 11.2. The first-order chi connectivity index (χ1) is 13.5. The van der Waals surface area contributed by atoms with Crippen LogP contribution < -0.4 is 4.74 Å². The number of rotatable bonds is 4. The Morgan fingerprint density at radius 2 is 2.00 bits per heavy atom. The number of piperazine rings is 1. The number of nitrogens with one attached hydrogen (secondary N) is 1. The molecule has 2 aromatic carbocycles. The third-order valence-electron chi connectivity index (χ3n) is 4.93. The Kier molecular flexibility index (Phi) is 5.57. The molecular formula is C20H20BrClN4O2. The molecule has 146 valence electrons. The van der Waals surface area contributed by atoms with Crippen LogP contribution in [0.4, 0.5) is 0 Å². The van der Waals surface area contributed by atoms with E-state index in [1.165, 1.54) is 0 Å². The average Bonchev–Trinajstić information content (AvgIpc) is 3.11. The van der Waals surface area contributed by atoms with E-state index in [9.17, 15) is 4.79 Å². The minimum absolute atomic E-state index is 0.0261. The van der Waals surface area contributed by atoms with Gasteiger partial charge in [0.2, 0.25) is 0 Å². The second-order valence-electron chi connectivity index (χ2n) is 6.76. The molecule has 0 aliphatic carbocycles. The molecule has 1 saturated heterocycles. The Morgan fingerprint density at radius 3 is 2.75 bits per heavy atom. The number of H-pyrrole nitrogens is 1. The zero-order valence-corrected chi connectivity index (χ0v) is 17.8. The van der Waals surface area contributed by atoms with Gasteiger partial charge in [0.25, 0.3) is 5.91 Å². The maximum Gasteiger partial charge on any atom is 0.255 e. The molecule has 1 N–H and O–H groups in total. The van der Waals surface area contributed by atoms with Gasteiger partial charge in [0.1, 0.15) is 11.6 Å². The largest absolute Gasteiger partial charge is 0.497 e. The van der Waals surface area contributed by atoms with Gasteiger partial charge in [0.05, 0.1) is 35.3 Å². The second-order valence-corrected chi connectivity index (χ2v) is 8.08. The molecule has 0 radical (unpaired) electrons. The molecule has 0 spiro atoms. The maximum absolute atomic E-state index is 12.8. The average molecular weight is 464 g/mol. The first-order valence-electron chi connectivity index (χ1n) is 9.03. The van der Waals surface area contributed by atoms with Crippen molar-refractivity contribution < 1.29 is 9.53 Å². The molecule has 6 nitrogen and oxygen atoms in total. The van der Waals surface area contributed by atoms with Gasteiger partial charge in [-0.05, 0) is 30.3 Å². The molecule has 4 rings (SSSR count). The summed E-state index contributed by atoms with van der Waals surface area (Å²) in [6.07, 6.45) is 0. The van der Waals surface area contributed by atoms with Crippen LogP contribution in [-0.4, -0.2) is 59.0 Å². The molecule has 1 aromatic heterocycles. The highest BCUT2D eigenvalue weighted by Gasteiger charge is 2.24. The fourth-order valence-corrected chi connectivity index (χ4v) is 3.96. The number of halogens is 2. The number of amides is 1. The highest BCUT2D eigenvalue weighted by atomic mass is 79.9. The summed E-state index contributed by atoms with van der Waals surface area (Å²) in [5.74, 6) is 1.70. The molecule has 3 aromatic rings. The standard InChI is InChI=1S/C20H20BrClN4O2/c1-28-14-3-5-17-18(11-14)24-19(23-17)12-25-6-8-26(9-7-25)20(27)15-10-13(21)2-4-16(15)22/h2-5,10-11H,6-9,12H2,1H3,(H,23,24). The van der Waals surface area contributed by atoms with Crippen molar-refractivity contribution in [2.45, 2.75) is 6.54 Å². The van der Waals surface area contributed by atoms with Crippen molar-refractivity contribution in [1.29, 1.82) is 0 Å². The Morgan fingerprint density at radius 1 is 1.21 bits per heavy atom. The van der Waals surface area contributed by atoms with Crippen LogP contribution in [0, 0.1) is 0 Å². The van der Waals surface area contributed by atoms with Crippen LogP contribution in [0.3, 0.4) is 0 Å². The molecule has 1 amide bonds. The topological polar surface area (TPSA) is 61.5 Å². The quantitative estimate of drug-likeness (QED) is 0.636. The normalized spacial score (nSPS) is 15.2. The van der Waals surface area contributed by atoms with Gasteiger partial charge in [0.15, 0.2) is 0 Å². The maximum atomic E-state index is 12.8. The lowest BCUT2D eigenvalue weighted by Gasteiger charge is -2.34. The fourth-order valence-electron chi connectivity index (χ4n) is 3.40. The van der Waals surface area contributed by atoms with Crippen LogP contribution in [0.15, 0.2) is 40.9 Å². The van der Waals surface area contributed by atoms with Crippen LogP contribution in [0.5, 0.6) is 5.75 Å². The van der Waals surface area contributed by atoms with Crippen LogP contribution >= 0.6 is 27.5 Å². The molecule has 1 fully saturated rings. The number of imidazole rings is 1. The third-order valence-corrected chi connectivity index (χ3v) is 5.75. The zero-order valence-electron chi connectivity index (χ0n) is 15.4. The smallest absolute Gasteiger partial charge is 0.255 e. The van der Waals surface area contributed by atoms with Crippen molar-refractivity contribution in [3.05, 3.63) is 57.3 Å². The molecule has 0 atom stereocenters. The van der Waals surface area contributed by atoms with Crippen LogP contribution in [0.2, 0.25) is 5.02 Å². The van der Waals surface area contributed by atoms with E-state index in [1.54, 1.807) is 19.2 Å². The number of carbonyl (C=O) groups is 1. The number of benzene rings is 2. The number of nitrogens with zero attached hydrogens (tertiary/aromatic N) is 3. The van der Waals surface area contributed by atoms with Crippen LogP contribution in [0.25, 0.3) is 11.0 Å². The Balaban J connectivity index is 1.39. The van der Waals surface area contributed by atoms with Gasteiger partial charge in [-0.15, -0.1) is 0 Å². The van der Waals surface area contributed by atoms with Crippen molar-refractivity contribution in [1.82, 2.24) is 19.8 Å². The van der Waals surface area contributed by atoms with Crippen LogP contribution in [0.1, 0.15) is 16.2 Å². The van der Waals surface area contributed by atoms with E-state index in [2.05, 4.69) is 30.8 Å². The predicted octanol–water partition coefficient (Wildman–Crippen LogP) is 3.95. The first-order valence-corrected chi connectivity index (χ1v) is 10.2. The second kappa shape index (κ2) is 8.11. The van der Waals surface area contributed by atoms with E-state index >= 15 is 0 Å². The van der Waals surface area contributed by atoms with Gasteiger partial charge in [-0.1, -0.05) is 27.5 Å². The molecule has 2 heterocycles. The van der Waals surface area contributed by atoms with Crippen LogP contribution in [-0.2, 0) is 6.54 Å². The van der Waals surface area contributed by atoms with E-state index < -0.39 is 0 Å². The SMILES string of the molecule is COc1ccc2nc(CN3CCN(C(=O)c4cc(Br)ccc4Cl)CC3)[nH]c2c1. The molecule has 1 aliphatic rings. The summed E-state index contributed by atoms with van der Waals surface area (Å²) < 4.78 is 6.11. The molecule has 0 unspecified atom stereocenters. The number of ether oxygens (including phenoxy) is 1. The monoisotopic (exact) mass is 462 g/mol. The summed E-state index contributed by atoms with van der Waals surface area (Å²) in [6.45, 7) is 3.62. The molecule has 0 bridgehead atoms. The summed E-state index contributed by atoms with van der Waals surface area (Å²) in [7, 11) is 1.65. The van der Waals surface area contributed by atoms with Gasteiger partial charge in [-0.25, -0.2) is 4.98 Å². The number of hydrogen-bond acceptors (Lipinski definition) is 4. The third kappa shape index (κ3) is 4.01. The van der Waals surface area contributed by atoms with Crippen molar-refractivity contribution in [2.75, 3.05) is 33.3 Å². The first kappa shape index (κ1) is 19.2. The number of aromatic amines is 1. The van der Waals surface area contributed by atoms with Gasteiger partial charge < -0.3 is 14.6 Å². The van der Waals surface area contributed by atoms with Crippen molar-refractivity contribution in [3.8, 4) is 5.75 Å². The lowest BCUT2D eigenvalue weighted by Crippen LogP contribution is -2.48. The van der Waals surface area contributed by atoms with Crippen molar-refractivity contribution >= 4 is 44.5 Å². The number of fused-ring (bicyclic) bond motifs is 1. The number of aromatic nitrogens is 2. The Bertz CT molecular complexity index is 1010. The van der Waals surface area contributed by atoms with Gasteiger partial charge in [0, 0.05) is 36.7 Å². The van der Waals surface area contributed by atoms with Gasteiger partial charge in [-0.3, -0.25) is 9.69 Å². The summed E-state index contributed by atoms with van der Waals surface area (Å²) >= 11 is 9.61. The van der Waals surface area contributed by atoms with E-state index in [0.29, 0.717) is 23.7 Å². The van der Waals surface area contributed by atoms with Crippen molar-refractivity contribution in [3.63, 3.8) is 0 Å². The minimum Gasteiger partial charge on any atom is -0.497 e. The zero-order chi connectivity index (χ0) is 19.7.